The van der Waals surface area contributed by atoms with Crippen LogP contribution in [-0.4, -0.2) is 18.9 Å². The van der Waals surface area contributed by atoms with Crippen LogP contribution in [0.4, 0.5) is 5.69 Å². The van der Waals surface area contributed by atoms with Gasteiger partial charge in [0, 0.05) is 24.3 Å². The van der Waals surface area contributed by atoms with Gasteiger partial charge in [0.15, 0.2) is 0 Å². The Labute approximate surface area is 103 Å². The SMILES string of the molecule is Cc1ccc(C(=N)N)c(N(C)C(C)C2CC2)c1. The highest BCUT2D eigenvalue weighted by Gasteiger charge is 2.31. The quantitative estimate of drug-likeness (QED) is 0.618. The standard InChI is InChI=1S/C14H21N3/c1-9-4-7-12(14(15)16)13(8-9)17(3)10(2)11-5-6-11/h4,7-8,10-11H,5-6H2,1-3H3,(H3,15,16). The molecule has 3 nitrogen and oxygen atoms in total. The zero-order valence-electron chi connectivity index (χ0n) is 10.8. The normalized spacial score (nSPS) is 16.6. The Morgan fingerprint density at radius 2 is 2.12 bits per heavy atom. The van der Waals surface area contributed by atoms with Crippen LogP contribution in [0.3, 0.4) is 0 Å². The minimum atomic E-state index is 0.148. The monoisotopic (exact) mass is 231 g/mol. The summed E-state index contributed by atoms with van der Waals surface area (Å²) in [5, 5.41) is 7.66. The Hall–Kier alpha value is -1.51. The van der Waals surface area contributed by atoms with Crippen molar-refractivity contribution >= 4 is 11.5 Å². The van der Waals surface area contributed by atoms with Crippen LogP contribution in [0.5, 0.6) is 0 Å². The number of hydrogen-bond donors (Lipinski definition) is 2. The number of nitrogens with zero attached hydrogens (tertiary/aromatic N) is 1. The summed E-state index contributed by atoms with van der Waals surface area (Å²) in [5.41, 5.74) is 8.78. The van der Waals surface area contributed by atoms with Gasteiger partial charge in [0.1, 0.15) is 5.84 Å². The maximum Gasteiger partial charge on any atom is 0.124 e. The zero-order valence-corrected chi connectivity index (χ0v) is 10.8. The van der Waals surface area contributed by atoms with E-state index in [2.05, 4.69) is 31.9 Å². The molecule has 1 aromatic carbocycles. The summed E-state index contributed by atoms with van der Waals surface area (Å²) in [6.07, 6.45) is 2.65. The van der Waals surface area contributed by atoms with Crippen LogP contribution < -0.4 is 10.6 Å². The minimum Gasteiger partial charge on any atom is -0.384 e. The van der Waals surface area contributed by atoms with Crippen molar-refractivity contribution in [1.29, 1.82) is 5.41 Å². The van der Waals surface area contributed by atoms with E-state index in [1.54, 1.807) is 0 Å². The molecule has 1 aromatic rings. The van der Waals surface area contributed by atoms with Crippen LogP contribution in [0.1, 0.15) is 30.9 Å². The zero-order chi connectivity index (χ0) is 12.6. The Kier molecular flexibility index (Phi) is 3.09. The first kappa shape index (κ1) is 12.0. The minimum absolute atomic E-state index is 0.148. The molecule has 0 heterocycles. The van der Waals surface area contributed by atoms with Gasteiger partial charge in [0.25, 0.3) is 0 Å². The van der Waals surface area contributed by atoms with Crippen molar-refractivity contribution in [2.24, 2.45) is 11.7 Å². The Bertz CT molecular complexity index is 435. The molecule has 1 saturated carbocycles. The lowest BCUT2D eigenvalue weighted by Gasteiger charge is -2.29. The molecule has 17 heavy (non-hydrogen) atoms. The molecule has 92 valence electrons. The van der Waals surface area contributed by atoms with Gasteiger partial charge in [0.2, 0.25) is 0 Å². The number of nitrogens with one attached hydrogen (secondary N) is 1. The van der Waals surface area contributed by atoms with Crippen LogP contribution in [-0.2, 0) is 0 Å². The van der Waals surface area contributed by atoms with Crippen molar-refractivity contribution in [3.8, 4) is 0 Å². The van der Waals surface area contributed by atoms with Crippen molar-refractivity contribution in [2.75, 3.05) is 11.9 Å². The van der Waals surface area contributed by atoms with Gasteiger partial charge >= 0.3 is 0 Å². The Morgan fingerprint density at radius 3 is 2.65 bits per heavy atom. The summed E-state index contributed by atoms with van der Waals surface area (Å²) in [7, 11) is 2.10. The number of aryl methyl sites for hydroxylation is 1. The van der Waals surface area contributed by atoms with Gasteiger partial charge in [-0.3, -0.25) is 5.41 Å². The summed E-state index contributed by atoms with van der Waals surface area (Å²) >= 11 is 0. The largest absolute Gasteiger partial charge is 0.384 e. The van der Waals surface area contributed by atoms with Crippen LogP contribution in [0.2, 0.25) is 0 Å². The molecule has 1 aliphatic rings. The molecule has 1 aliphatic carbocycles. The third-order valence-corrected chi connectivity index (χ3v) is 3.74. The molecule has 0 aliphatic heterocycles. The summed E-state index contributed by atoms with van der Waals surface area (Å²) in [4.78, 5) is 2.27. The van der Waals surface area contributed by atoms with E-state index >= 15 is 0 Å². The molecule has 0 spiro atoms. The van der Waals surface area contributed by atoms with Crippen LogP contribution in [0.25, 0.3) is 0 Å². The summed E-state index contributed by atoms with van der Waals surface area (Å²) in [5.74, 6) is 0.954. The number of rotatable bonds is 4. The predicted molar refractivity (Wildman–Crippen MR) is 72.8 cm³/mol. The molecule has 1 fully saturated rings. The van der Waals surface area contributed by atoms with Gasteiger partial charge in [-0.2, -0.15) is 0 Å². The molecule has 0 bridgehead atoms. The summed E-state index contributed by atoms with van der Waals surface area (Å²) in [6.45, 7) is 4.33. The highest BCUT2D eigenvalue weighted by Crippen LogP contribution is 2.37. The number of benzene rings is 1. The van der Waals surface area contributed by atoms with E-state index in [-0.39, 0.29) is 5.84 Å². The first-order chi connectivity index (χ1) is 8.00. The molecule has 3 heteroatoms. The van der Waals surface area contributed by atoms with Crippen molar-refractivity contribution in [2.45, 2.75) is 32.7 Å². The molecule has 0 saturated heterocycles. The maximum atomic E-state index is 7.66. The predicted octanol–water partition coefficient (Wildman–Crippen LogP) is 2.51. The smallest absolute Gasteiger partial charge is 0.124 e. The Balaban J connectivity index is 2.34. The van der Waals surface area contributed by atoms with Gasteiger partial charge in [0.05, 0.1) is 0 Å². The Morgan fingerprint density at radius 1 is 1.47 bits per heavy atom. The van der Waals surface area contributed by atoms with E-state index in [1.165, 1.54) is 18.4 Å². The first-order valence-electron chi connectivity index (χ1n) is 6.18. The lowest BCUT2D eigenvalue weighted by molar-refractivity contribution is 0.609. The van der Waals surface area contributed by atoms with Crippen molar-refractivity contribution in [3.05, 3.63) is 29.3 Å². The molecular formula is C14H21N3. The van der Waals surface area contributed by atoms with Crippen LogP contribution >= 0.6 is 0 Å². The topological polar surface area (TPSA) is 53.1 Å². The van der Waals surface area contributed by atoms with Crippen molar-refractivity contribution in [1.82, 2.24) is 0 Å². The second kappa shape index (κ2) is 4.40. The van der Waals surface area contributed by atoms with E-state index in [0.717, 1.165) is 17.2 Å². The fourth-order valence-electron chi connectivity index (χ4n) is 2.28. The van der Waals surface area contributed by atoms with Crippen molar-refractivity contribution < 1.29 is 0 Å². The summed E-state index contributed by atoms with van der Waals surface area (Å²) in [6, 6.07) is 6.60. The van der Waals surface area contributed by atoms with Crippen molar-refractivity contribution in [3.63, 3.8) is 0 Å². The third kappa shape index (κ3) is 2.43. The number of anilines is 1. The number of hydrogen-bond acceptors (Lipinski definition) is 2. The van der Waals surface area contributed by atoms with E-state index in [1.807, 2.05) is 12.1 Å². The fraction of sp³-hybridized carbons (Fsp3) is 0.500. The van der Waals surface area contributed by atoms with E-state index in [0.29, 0.717) is 6.04 Å². The molecule has 0 amide bonds. The van der Waals surface area contributed by atoms with Crippen LogP contribution in [0, 0.1) is 18.3 Å². The van der Waals surface area contributed by atoms with E-state index in [9.17, 15) is 0 Å². The lowest BCUT2D eigenvalue weighted by atomic mass is 10.1. The maximum absolute atomic E-state index is 7.66. The van der Waals surface area contributed by atoms with Gasteiger partial charge in [-0.05, 0) is 50.3 Å². The molecule has 2 rings (SSSR count). The molecular weight excluding hydrogens is 210 g/mol. The van der Waals surface area contributed by atoms with Gasteiger partial charge in [-0.1, -0.05) is 6.07 Å². The molecule has 3 N–H and O–H groups in total. The van der Waals surface area contributed by atoms with Crippen LogP contribution in [0.15, 0.2) is 18.2 Å². The lowest BCUT2D eigenvalue weighted by Crippen LogP contribution is -2.32. The number of nitrogen functional groups attached to an aromatic ring is 1. The number of nitrogens with two attached hydrogens (primary N) is 1. The fourth-order valence-corrected chi connectivity index (χ4v) is 2.28. The molecule has 0 aromatic heterocycles. The van der Waals surface area contributed by atoms with Gasteiger partial charge in [-0.15, -0.1) is 0 Å². The van der Waals surface area contributed by atoms with Gasteiger partial charge < -0.3 is 10.6 Å². The second-order valence-corrected chi connectivity index (χ2v) is 5.12. The molecule has 0 radical (unpaired) electrons. The molecule has 1 unspecified atom stereocenters. The average Bonchev–Trinajstić information content (AvgIpc) is 3.10. The summed E-state index contributed by atoms with van der Waals surface area (Å²) < 4.78 is 0. The second-order valence-electron chi connectivity index (χ2n) is 5.12. The number of amidine groups is 1. The van der Waals surface area contributed by atoms with E-state index < -0.39 is 0 Å². The molecule has 1 atom stereocenters. The van der Waals surface area contributed by atoms with Gasteiger partial charge in [-0.25, -0.2) is 0 Å². The van der Waals surface area contributed by atoms with E-state index in [4.69, 9.17) is 11.1 Å². The highest BCUT2D eigenvalue weighted by atomic mass is 15.1. The average molecular weight is 231 g/mol. The highest BCUT2D eigenvalue weighted by molar-refractivity contribution is 6.00. The first-order valence-corrected chi connectivity index (χ1v) is 6.18. The third-order valence-electron chi connectivity index (χ3n) is 3.74.